The normalized spacial score (nSPS) is 11.0. The van der Waals surface area contributed by atoms with E-state index in [1.165, 1.54) is 44.6 Å². The molecule has 6 nitrogen and oxygen atoms in total. The molecule has 0 aliphatic rings. The van der Waals surface area contributed by atoms with E-state index in [1.54, 1.807) is 6.07 Å². The van der Waals surface area contributed by atoms with E-state index in [0.717, 1.165) is 0 Å². The molecule has 0 spiro atoms. The first-order valence-corrected chi connectivity index (χ1v) is 8.38. The van der Waals surface area contributed by atoms with Crippen LogP contribution in [0.4, 0.5) is 5.69 Å². The van der Waals surface area contributed by atoms with E-state index in [2.05, 4.69) is 20.7 Å². The second-order valence-corrected chi connectivity index (χ2v) is 6.88. The Morgan fingerprint density at radius 2 is 1.73 bits per heavy atom. The molecule has 0 radical (unpaired) electrons. The molecule has 118 valence electrons. The Morgan fingerprint density at radius 3 is 2.36 bits per heavy atom. The van der Waals surface area contributed by atoms with Crippen molar-refractivity contribution >= 4 is 31.6 Å². The molecule has 0 aromatic heterocycles. The summed E-state index contributed by atoms with van der Waals surface area (Å²) in [4.78, 5) is -0.00970. The number of sulfonamides is 1. The minimum atomic E-state index is -3.88. The van der Waals surface area contributed by atoms with E-state index in [1.807, 2.05) is 0 Å². The smallest absolute Gasteiger partial charge is 0.262 e. The highest BCUT2D eigenvalue weighted by atomic mass is 79.9. The number of phenolic OH excluding ortho intramolecular Hbond substituents is 1. The quantitative estimate of drug-likeness (QED) is 0.770. The first-order valence-electron chi connectivity index (χ1n) is 6.10. The SMILES string of the molecule is COc1ccc(S(=O)(=O)Nc2cc(Br)ccc2O)cc1OC. The van der Waals surface area contributed by atoms with Crippen LogP contribution in [0.3, 0.4) is 0 Å². The van der Waals surface area contributed by atoms with Crippen molar-refractivity contribution in [3.63, 3.8) is 0 Å². The van der Waals surface area contributed by atoms with E-state index in [4.69, 9.17) is 9.47 Å². The van der Waals surface area contributed by atoms with Gasteiger partial charge in [-0.15, -0.1) is 0 Å². The van der Waals surface area contributed by atoms with E-state index in [0.29, 0.717) is 16.0 Å². The predicted molar refractivity (Wildman–Crippen MR) is 86.2 cm³/mol. The van der Waals surface area contributed by atoms with Gasteiger partial charge in [0.2, 0.25) is 0 Å². The minimum Gasteiger partial charge on any atom is -0.506 e. The molecule has 2 N–H and O–H groups in total. The highest BCUT2D eigenvalue weighted by molar-refractivity contribution is 9.10. The third kappa shape index (κ3) is 3.45. The van der Waals surface area contributed by atoms with E-state index >= 15 is 0 Å². The summed E-state index contributed by atoms with van der Waals surface area (Å²) in [6.07, 6.45) is 0. The Balaban J connectivity index is 2.40. The van der Waals surface area contributed by atoms with Crippen LogP contribution in [0, 0.1) is 0 Å². The van der Waals surface area contributed by atoms with Gasteiger partial charge < -0.3 is 14.6 Å². The Labute approximate surface area is 136 Å². The Morgan fingerprint density at radius 1 is 1.05 bits per heavy atom. The molecule has 2 rings (SSSR count). The first-order chi connectivity index (χ1) is 10.4. The summed E-state index contributed by atoms with van der Waals surface area (Å²) in [6, 6.07) is 8.68. The topological polar surface area (TPSA) is 84.9 Å². The minimum absolute atomic E-state index is 0.00970. The molecule has 0 bridgehead atoms. The summed E-state index contributed by atoms with van der Waals surface area (Å²) < 4.78 is 37.9. The summed E-state index contributed by atoms with van der Waals surface area (Å²) in [6.45, 7) is 0. The van der Waals surface area contributed by atoms with Gasteiger partial charge in [-0.25, -0.2) is 8.42 Å². The summed E-state index contributed by atoms with van der Waals surface area (Å²) in [5.74, 6) is 0.544. The van der Waals surface area contributed by atoms with Crippen molar-refractivity contribution in [3.05, 3.63) is 40.9 Å². The third-order valence-electron chi connectivity index (χ3n) is 2.87. The third-order valence-corrected chi connectivity index (χ3v) is 4.72. The number of ether oxygens (including phenoxy) is 2. The van der Waals surface area contributed by atoms with Crippen molar-refractivity contribution in [3.8, 4) is 17.2 Å². The summed E-state index contributed by atoms with van der Waals surface area (Å²) in [7, 11) is -0.996. The number of aromatic hydroxyl groups is 1. The molecule has 0 aliphatic carbocycles. The van der Waals surface area contributed by atoms with Crippen LogP contribution in [0.2, 0.25) is 0 Å². The number of phenols is 1. The van der Waals surface area contributed by atoms with Crippen molar-refractivity contribution < 1.29 is 23.0 Å². The van der Waals surface area contributed by atoms with Crippen molar-refractivity contribution in [2.45, 2.75) is 4.90 Å². The van der Waals surface area contributed by atoms with Crippen LogP contribution in [-0.4, -0.2) is 27.7 Å². The van der Waals surface area contributed by atoms with Gasteiger partial charge in [0.15, 0.2) is 11.5 Å². The van der Waals surface area contributed by atoms with E-state index < -0.39 is 10.0 Å². The van der Waals surface area contributed by atoms with Gasteiger partial charge in [0.05, 0.1) is 24.8 Å². The van der Waals surface area contributed by atoms with Gasteiger partial charge in [-0.3, -0.25) is 4.72 Å². The van der Waals surface area contributed by atoms with Gasteiger partial charge in [0, 0.05) is 10.5 Å². The molecule has 0 aliphatic heterocycles. The lowest BCUT2D eigenvalue weighted by atomic mass is 10.3. The van der Waals surface area contributed by atoms with Gasteiger partial charge in [-0.05, 0) is 30.3 Å². The van der Waals surface area contributed by atoms with Crippen molar-refractivity contribution in [2.24, 2.45) is 0 Å². The van der Waals surface area contributed by atoms with Gasteiger partial charge in [-0.1, -0.05) is 15.9 Å². The molecule has 0 unspecified atom stereocenters. The number of rotatable bonds is 5. The van der Waals surface area contributed by atoms with Crippen LogP contribution < -0.4 is 14.2 Å². The van der Waals surface area contributed by atoms with Crippen molar-refractivity contribution in [1.29, 1.82) is 0 Å². The number of nitrogens with one attached hydrogen (secondary N) is 1. The lowest BCUT2D eigenvalue weighted by Crippen LogP contribution is -2.13. The van der Waals surface area contributed by atoms with Crippen molar-refractivity contribution in [1.82, 2.24) is 0 Å². The number of halogens is 1. The number of hydrogen-bond acceptors (Lipinski definition) is 5. The van der Waals surface area contributed by atoms with Crippen molar-refractivity contribution in [2.75, 3.05) is 18.9 Å². The first kappa shape index (κ1) is 16.4. The van der Waals surface area contributed by atoms with Gasteiger partial charge >= 0.3 is 0 Å². The largest absolute Gasteiger partial charge is 0.506 e. The van der Waals surface area contributed by atoms with Gasteiger partial charge in [-0.2, -0.15) is 0 Å². The number of methoxy groups -OCH3 is 2. The van der Waals surface area contributed by atoms with Crippen LogP contribution in [-0.2, 0) is 10.0 Å². The maximum Gasteiger partial charge on any atom is 0.262 e. The Bertz CT molecular complexity index is 792. The number of benzene rings is 2. The standard InChI is InChI=1S/C14H14BrNO5S/c1-20-13-6-4-10(8-14(13)21-2)22(18,19)16-11-7-9(15)3-5-12(11)17/h3-8,16-17H,1-2H3. The molecular formula is C14H14BrNO5S. The van der Waals surface area contributed by atoms with Crippen LogP contribution >= 0.6 is 15.9 Å². The monoisotopic (exact) mass is 387 g/mol. The molecule has 0 saturated heterocycles. The molecule has 8 heteroatoms. The molecule has 0 atom stereocenters. The second-order valence-electron chi connectivity index (χ2n) is 4.28. The highest BCUT2D eigenvalue weighted by Crippen LogP contribution is 2.32. The van der Waals surface area contributed by atoms with Gasteiger partial charge in [0.25, 0.3) is 10.0 Å². The van der Waals surface area contributed by atoms with Gasteiger partial charge in [0.1, 0.15) is 5.75 Å². The van der Waals surface area contributed by atoms with Crippen LogP contribution in [0.15, 0.2) is 45.8 Å². The molecular weight excluding hydrogens is 374 g/mol. The molecule has 0 amide bonds. The molecule has 2 aromatic carbocycles. The molecule has 0 saturated carbocycles. The zero-order chi connectivity index (χ0) is 16.3. The highest BCUT2D eigenvalue weighted by Gasteiger charge is 2.18. The predicted octanol–water partition coefficient (Wildman–Crippen LogP) is 2.97. The number of hydrogen-bond donors (Lipinski definition) is 2. The zero-order valence-electron chi connectivity index (χ0n) is 11.8. The number of anilines is 1. The van der Waals surface area contributed by atoms with Crippen LogP contribution in [0.5, 0.6) is 17.2 Å². The lowest BCUT2D eigenvalue weighted by Gasteiger charge is -2.12. The van der Waals surface area contributed by atoms with E-state index in [9.17, 15) is 13.5 Å². The molecule has 0 fully saturated rings. The fourth-order valence-electron chi connectivity index (χ4n) is 1.78. The lowest BCUT2D eigenvalue weighted by molar-refractivity contribution is 0.354. The Kier molecular flexibility index (Phi) is 4.82. The molecule has 2 aromatic rings. The fourth-order valence-corrected chi connectivity index (χ4v) is 3.22. The average molecular weight is 388 g/mol. The van der Waals surface area contributed by atoms with E-state index in [-0.39, 0.29) is 16.3 Å². The Hall–Kier alpha value is -1.93. The molecule has 22 heavy (non-hydrogen) atoms. The van der Waals surface area contributed by atoms with Crippen LogP contribution in [0.1, 0.15) is 0 Å². The summed E-state index contributed by atoms with van der Waals surface area (Å²) in [5, 5.41) is 9.74. The second kappa shape index (κ2) is 6.45. The van der Waals surface area contributed by atoms with Crippen LogP contribution in [0.25, 0.3) is 0 Å². The molecule has 0 heterocycles. The summed E-state index contributed by atoms with van der Waals surface area (Å²) in [5.41, 5.74) is 0.0733. The average Bonchev–Trinajstić information content (AvgIpc) is 2.49. The fraction of sp³-hybridized carbons (Fsp3) is 0.143. The maximum atomic E-state index is 12.4. The summed E-state index contributed by atoms with van der Waals surface area (Å²) >= 11 is 3.22. The zero-order valence-corrected chi connectivity index (χ0v) is 14.2. The maximum absolute atomic E-state index is 12.4.